The summed E-state index contributed by atoms with van der Waals surface area (Å²) in [6.07, 6.45) is 0. The first-order valence-electron chi connectivity index (χ1n) is 7.59. The van der Waals surface area contributed by atoms with Gasteiger partial charge in [0, 0.05) is 5.56 Å². The highest BCUT2D eigenvalue weighted by molar-refractivity contribution is 9.10. The number of hydrogen-bond donors (Lipinski definition) is 1. The van der Waals surface area contributed by atoms with Crippen molar-refractivity contribution >= 4 is 26.8 Å². The van der Waals surface area contributed by atoms with Gasteiger partial charge < -0.3 is 14.5 Å². The fourth-order valence-corrected chi connectivity index (χ4v) is 2.99. The second-order valence-electron chi connectivity index (χ2n) is 5.10. The topological polar surface area (TPSA) is 88.0 Å². The molecule has 7 heteroatoms. The van der Waals surface area contributed by atoms with Gasteiger partial charge in [0.2, 0.25) is 0 Å². The second kappa shape index (κ2) is 7.36. The predicted molar refractivity (Wildman–Crippen MR) is 97.8 cm³/mol. The fraction of sp³-hybridized carbons (Fsp3) is 0.167. The molecule has 3 rings (SSSR count). The van der Waals surface area contributed by atoms with Crippen LogP contribution in [0.5, 0.6) is 11.5 Å². The molecule has 0 atom stereocenters. The summed E-state index contributed by atoms with van der Waals surface area (Å²) < 4.78 is 11.7. The molecule has 1 aromatic heterocycles. The Labute approximate surface area is 152 Å². The van der Waals surface area contributed by atoms with Gasteiger partial charge in [-0.05, 0) is 47.1 Å². The number of rotatable bonds is 5. The molecule has 2 aromatic carbocycles. The number of nitrogens with one attached hydrogen (secondary N) is 1. The van der Waals surface area contributed by atoms with E-state index in [-0.39, 0.29) is 12.2 Å². The summed E-state index contributed by atoms with van der Waals surface area (Å²) in [5.41, 5.74) is 1.07. The lowest BCUT2D eigenvalue weighted by molar-refractivity contribution is 0.297. The number of nitrogens with zero attached hydrogens (tertiary/aromatic N) is 2. The van der Waals surface area contributed by atoms with Crippen molar-refractivity contribution in [1.82, 2.24) is 9.97 Å². The monoisotopic (exact) mass is 399 g/mol. The summed E-state index contributed by atoms with van der Waals surface area (Å²) in [5, 5.41) is 9.25. The average molecular weight is 400 g/mol. The van der Waals surface area contributed by atoms with Crippen molar-refractivity contribution in [1.29, 1.82) is 5.26 Å². The first-order valence-corrected chi connectivity index (χ1v) is 8.39. The van der Waals surface area contributed by atoms with Crippen LogP contribution in [0.25, 0.3) is 22.3 Å². The molecule has 6 nitrogen and oxygen atoms in total. The number of H-pyrrole nitrogens is 1. The van der Waals surface area contributed by atoms with Gasteiger partial charge in [-0.3, -0.25) is 4.79 Å². The van der Waals surface area contributed by atoms with Gasteiger partial charge in [0.05, 0.1) is 22.0 Å². The van der Waals surface area contributed by atoms with E-state index >= 15 is 0 Å². The molecule has 126 valence electrons. The van der Waals surface area contributed by atoms with Crippen LogP contribution < -0.4 is 15.0 Å². The number of ether oxygens (including phenoxy) is 2. The first kappa shape index (κ1) is 17.0. The third-order valence-corrected chi connectivity index (χ3v) is 4.07. The lowest BCUT2D eigenvalue weighted by atomic mass is 10.1. The van der Waals surface area contributed by atoms with Crippen molar-refractivity contribution in [2.45, 2.75) is 6.92 Å². The van der Waals surface area contributed by atoms with Gasteiger partial charge in [0.1, 0.15) is 11.9 Å². The minimum atomic E-state index is -0.209. The summed E-state index contributed by atoms with van der Waals surface area (Å²) in [7, 11) is 0. The number of fused-ring (bicyclic) bond motifs is 1. The van der Waals surface area contributed by atoms with Crippen LogP contribution in [0.4, 0.5) is 0 Å². The van der Waals surface area contributed by atoms with Crippen LogP contribution in [0.3, 0.4) is 0 Å². The van der Waals surface area contributed by atoms with Gasteiger partial charge in [-0.2, -0.15) is 5.26 Å². The summed E-state index contributed by atoms with van der Waals surface area (Å²) in [4.78, 5) is 19.6. The Hall–Kier alpha value is -2.85. The Kier molecular flexibility index (Phi) is 5.00. The first-order chi connectivity index (χ1) is 12.1. The number of halogens is 1. The van der Waals surface area contributed by atoms with E-state index in [9.17, 15) is 4.79 Å². The molecule has 0 saturated heterocycles. The molecule has 1 heterocycles. The largest absolute Gasteiger partial charge is 0.490 e. The van der Waals surface area contributed by atoms with E-state index in [1.807, 2.05) is 19.1 Å². The third kappa shape index (κ3) is 3.49. The third-order valence-electron chi connectivity index (χ3n) is 3.48. The molecule has 0 radical (unpaired) electrons. The highest BCUT2D eigenvalue weighted by Crippen LogP contribution is 2.39. The van der Waals surface area contributed by atoms with Crippen molar-refractivity contribution in [3.8, 4) is 29.0 Å². The second-order valence-corrected chi connectivity index (χ2v) is 5.95. The number of hydrogen-bond acceptors (Lipinski definition) is 5. The van der Waals surface area contributed by atoms with E-state index in [1.165, 1.54) is 0 Å². The molecule has 0 amide bonds. The van der Waals surface area contributed by atoms with Crippen LogP contribution in [0.2, 0.25) is 0 Å². The van der Waals surface area contributed by atoms with Crippen LogP contribution in [-0.4, -0.2) is 23.2 Å². The van der Waals surface area contributed by atoms with Crippen LogP contribution >= 0.6 is 15.9 Å². The normalized spacial score (nSPS) is 10.4. The minimum Gasteiger partial charge on any atom is -0.490 e. The van der Waals surface area contributed by atoms with Crippen molar-refractivity contribution in [2.24, 2.45) is 0 Å². The highest BCUT2D eigenvalue weighted by atomic mass is 79.9. The van der Waals surface area contributed by atoms with Crippen LogP contribution in [0.1, 0.15) is 6.92 Å². The zero-order chi connectivity index (χ0) is 17.8. The van der Waals surface area contributed by atoms with Crippen molar-refractivity contribution in [2.75, 3.05) is 13.2 Å². The summed E-state index contributed by atoms with van der Waals surface area (Å²) >= 11 is 3.43. The molecular weight excluding hydrogens is 386 g/mol. The summed E-state index contributed by atoms with van der Waals surface area (Å²) in [6, 6.07) is 12.6. The van der Waals surface area contributed by atoms with E-state index < -0.39 is 0 Å². The van der Waals surface area contributed by atoms with E-state index in [1.54, 1.807) is 30.3 Å². The van der Waals surface area contributed by atoms with E-state index in [0.717, 1.165) is 0 Å². The van der Waals surface area contributed by atoms with Gasteiger partial charge >= 0.3 is 0 Å². The van der Waals surface area contributed by atoms with E-state index in [2.05, 4.69) is 25.9 Å². The number of para-hydroxylation sites is 1. The number of benzene rings is 2. The minimum absolute atomic E-state index is 0.0942. The van der Waals surface area contributed by atoms with Gasteiger partial charge in [-0.15, -0.1) is 0 Å². The Balaban J connectivity index is 2.14. The molecule has 0 unspecified atom stereocenters. The molecule has 0 saturated carbocycles. The van der Waals surface area contributed by atoms with Gasteiger partial charge in [-0.25, -0.2) is 4.98 Å². The molecule has 0 aliphatic rings. The standard InChI is InChI=1S/C18H14BrN3O3/c1-2-24-15-10-11(9-13(19)16(15)25-8-7-20)17-21-14-6-4-3-5-12(14)18(23)22-17/h3-6,9-10H,2,8H2,1H3,(H,21,22,23). The van der Waals surface area contributed by atoms with Gasteiger partial charge in [0.15, 0.2) is 18.1 Å². The molecule has 0 aliphatic heterocycles. The smallest absolute Gasteiger partial charge is 0.259 e. The van der Waals surface area contributed by atoms with Crippen LogP contribution in [0.15, 0.2) is 45.7 Å². The molecule has 0 fully saturated rings. The van der Waals surface area contributed by atoms with Gasteiger partial charge in [0.25, 0.3) is 5.56 Å². The van der Waals surface area contributed by atoms with E-state index in [0.29, 0.717) is 44.9 Å². The maximum Gasteiger partial charge on any atom is 0.259 e. The number of aromatic nitrogens is 2. The van der Waals surface area contributed by atoms with Crippen molar-refractivity contribution < 1.29 is 9.47 Å². The predicted octanol–water partition coefficient (Wildman–Crippen LogP) is 3.65. The summed E-state index contributed by atoms with van der Waals surface area (Å²) in [6.45, 7) is 2.19. The number of nitriles is 1. The number of aromatic amines is 1. The lowest BCUT2D eigenvalue weighted by Gasteiger charge is -2.14. The quantitative estimate of drug-likeness (QED) is 0.706. The lowest BCUT2D eigenvalue weighted by Crippen LogP contribution is -2.09. The molecule has 25 heavy (non-hydrogen) atoms. The Bertz CT molecular complexity index is 1020. The van der Waals surface area contributed by atoms with Gasteiger partial charge in [-0.1, -0.05) is 12.1 Å². The molecule has 1 N–H and O–H groups in total. The molecule has 3 aromatic rings. The highest BCUT2D eigenvalue weighted by Gasteiger charge is 2.15. The molecule has 0 aliphatic carbocycles. The SMILES string of the molecule is CCOc1cc(-c2nc3ccccc3c(=O)[nH]2)cc(Br)c1OCC#N. The fourth-order valence-electron chi connectivity index (χ4n) is 2.44. The van der Waals surface area contributed by atoms with Crippen molar-refractivity contribution in [3.05, 3.63) is 51.2 Å². The molecular formula is C18H14BrN3O3. The maximum absolute atomic E-state index is 12.3. The van der Waals surface area contributed by atoms with E-state index in [4.69, 9.17) is 14.7 Å². The Morgan fingerprint density at radius 2 is 2.08 bits per heavy atom. The zero-order valence-electron chi connectivity index (χ0n) is 13.4. The maximum atomic E-state index is 12.3. The summed E-state index contributed by atoms with van der Waals surface area (Å²) in [5.74, 6) is 1.34. The van der Waals surface area contributed by atoms with Crippen molar-refractivity contribution in [3.63, 3.8) is 0 Å². The Morgan fingerprint density at radius 1 is 1.28 bits per heavy atom. The molecule has 0 spiro atoms. The molecule has 0 bridgehead atoms. The Morgan fingerprint density at radius 3 is 2.84 bits per heavy atom. The average Bonchev–Trinajstić information content (AvgIpc) is 2.61. The zero-order valence-corrected chi connectivity index (χ0v) is 15.0. The van der Waals surface area contributed by atoms with Crippen LogP contribution in [-0.2, 0) is 0 Å². The van der Waals surface area contributed by atoms with Crippen LogP contribution in [0, 0.1) is 11.3 Å².